The lowest BCUT2D eigenvalue weighted by Gasteiger charge is -2.17. The Bertz CT molecular complexity index is 1180. The number of nitrogens with zero attached hydrogens (tertiary/aromatic N) is 2. The van der Waals surface area contributed by atoms with Crippen molar-refractivity contribution in [3.05, 3.63) is 53.3 Å². The normalized spacial score (nSPS) is 11.4. The van der Waals surface area contributed by atoms with Gasteiger partial charge in [-0.05, 0) is 48.1 Å². The summed E-state index contributed by atoms with van der Waals surface area (Å²) in [5.41, 5.74) is 5.40. The minimum Gasteiger partial charge on any atom is -0.497 e. The Hall–Kier alpha value is -3.21. The van der Waals surface area contributed by atoms with Gasteiger partial charge in [-0.2, -0.15) is 5.10 Å². The third-order valence-electron chi connectivity index (χ3n) is 5.07. The van der Waals surface area contributed by atoms with E-state index in [1.807, 2.05) is 31.3 Å². The summed E-state index contributed by atoms with van der Waals surface area (Å²) in [6, 6.07) is 9.97. The molecule has 5 nitrogen and oxygen atoms in total. The molecule has 0 saturated carbocycles. The van der Waals surface area contributed by atoms with Crippen molar-refractivity contribution in [2.45, 2.75) is 26.7 Å². The number of pyridine rings is 1. The van der Waals surface area contributed by atoms with Crippen LogP contribution in [0.15, 0.2) is 36.5 Å². The van der Waals surface area contributed by atoms with Crippen LogP contribution in [-0.4, -0.2) is 28.6 Å². The Morgan fingerprint density at radius 2 is 1.93 bits per heavy atom. The average Bonchev–Trinajstić information content (AvgIpc) is 3.14. The predicted molar refractivity (Wildman–Crippen MR) is 108 cm³/mol. The van der Waals surface area contributed by atoms with Gasteiger partial charge in [-0.25, -0.2) is 0 Å². The van der Waals surface area contributed by atoms with E-state index in [1.165, 1.54) is 5.56 Å². The highest BCUT2D eigenvalue weighted by Crippen LogP contribution is 2.39. The van der Waals surface area contributed by atoms with Crippen LogP contribution in [0.3, 0.4) is 0 Å². The lowest BCUT2D eigenvalue weighted by molar-refractivity contribution is 0.112. The fourth-order valence-electron chi connectivity index (χ4n) is 3.68. The van der Waals surface area contributed by atoms with Crippen LogP contribution in [0.4, 0.5) is 0 Å². The fourth-order valence-corrected chi connectivity index (χ4v) is 3.68. The van der Waals surface area contributed by atoms with Gasteiger partial charge < -0.3 is 4.74 Å². The number of aryl methyl sites for hydroxylation is 1. The summed E-state index contributed by atoms with van der Waals surface area (Å²) in [6.07, 6.45) is 2.71. The zero-order valence-electron chi connectivity index (χ0n) is 15.8. The highest BCUT2D eigenvalue weighted by Gasteiger charge is 2.20. The van der Waals surface area contributed by atoms with Crippen molar-refractivity contribution in [1.29, 1.82) is 0 Å². The average molecular weight is 359 g/mol. The van der Waals surface area contributed by atoms with Crippen molar-refractivity contribution in [2.75, 3.05) is 7.11 Å². The van der Waals surface area contributed by atoms with E-state index in [2.05, 4.69) is 36.2 Å². The highest BCUT2D eigenvalue weighted by molar-refractivity contribution is 6.09. The van der Waals surface area contributed by atoms with Gasteiger partial charge in [-0.3, -0.25) is 14.9 Å². The van der Waals surface area contributed by atoms with Gasteiger partial charge in [0.2, 0.25) is 0 Å². The van der Waals surface area contributed by atoms with E-state index in [9.17, 15) is 4.79 Å². The molecule has 0 bridgehead atoms. The van der Waals surface area contributed by atoms with E-state index in [0.717, 1.165) is 39.2 Å². The van der Waals surface area contributed by atoms with Gasteiger partial charge in [0.05, 0.1) is 24.5 Å². The van der Waals surface area contributed by atoms with E-state index >= 15 is 0 Å². The summed E-state index contributed by atoms with van der Waals surface area (Å²) in [4.78, 5) is 16.6. The molecule has 4 rings (SSSR count). The van der Waals surface area contributed by atoms with Gasteiger partial charge in [0.1, 0.15) is 5.75 Å². The molecule has 0 radical (unpaired) electrons. The van der Waals surface area contributed by atoms with Crippen LogP contribution in [0.2, 0.25) is 0 Å². The number of rotatable bonds is 4. The molecule has 0 unspecified atom stereocenters. The minimum atomic E-state index is 0.320. The number of carbonyl (C=O) groups is 1. The Morgan fingerprint density at radius 1 is 1.11 bits per heavy atom. The van der Waals surface area contributed by atoms with Crippen LogP contribution in [0, 0.1) is 6.92 Å². The highest BCUT2D eigenvalue weighted by atomic mass is 16.5. The number of aldehydes is 1. The maximum absolute atomic E-state index is 11.7. The number of aromatic amines is 1. The number of aromatic nitrogens is 3. The molecule has 5 heteroatoms. The molecule has 2 aromatic carbocycles. The Morgan fingerprint density at radius 3 is 2.63 bits per heavy atom. The number of hydrogen-bond donors (Lipinski definition) is 1. The SMILES string of the molecule is COc1ccc2c(-c3c(C(C)C)ccc4[nH]ncc34)nc(C)c(C=O)c2c1. The lowest BCUT2D eigenvalue weighted by Crippen LogP contribution is -2.01. The van der Waals surface area contributed by atoms with Gasteiger partial charge in [0.15, 0.2) is 6.29 Å². The molecule has 0 aliphatic rings. The molecule has 0 saturated heterocycles. The van der Waals surface area contributed by atoms with E-state index in [-0.39, 0.29) is 0 Å². The van der Waals surface area contributed by atoms with Crippen molar-refractivity contribution in [3.63, 3.8) is 0 Å². The summed E-state index contributed by atoms with van der Waals surface area (Å²) in [7, 11) is 1.62. The fraction of sp³-hybridized carbons (Fsp3) is 0.227. The van der Waals surface area contributed by atoms with Crippen molar-refractivity contribution < 1.29 is 9.53 Å². The maximum atomic E-state index is 11.7. The maximum Gasteiger partial charge on any atom is 0.152 e. The number of fused-ring (bicyclic) bond motifs is 2. The van der Waals surface area contributed by atoms with E-state index in [4.69, 9.17) is 9.72 Å². The molecule has 27 heavy (non-hydrogen) atoms. The van der Waals surface area contributed by atoms with Crippen LogP contribution in [0.25, 0.3) is 32.9 Å². The second-order valence-corrected chi connectivity index (χ2v) is 7.00. The Balaban J connectivity index is 2.18. The summed E-state index contributed by atoms with van der Waals surface area (Å²) in [5.74, 6) is 1.04. The van der Waals surface area contributed by atoms with Crippen LogP contribution in [0.5, 0.6) is 5.75 Å². The van der Waals surface area contributed by atoms with Crippen molar-refractivity contribution >= 4 is 28.0 Å². The molecule has 136 valence electrons. The smallest absolute Gasteiger partial charge is 0.152 e. The lowest BCUT2D eigenvalue weighted by atomic mass is 9.89. The number of ether oxygens (including phenoxy) is 1. The second kappa shape index (κ2) is 6.50. The molecule has 4 aromatic rings. The zero-order valence-corrected chi connectivity index (χ0v) is 15.8. The summed E-state index contributed by atoms with van der Waals surface area (Å²) in [6.45, 7) is 6.21. The second-order valence-electron chi connectivity index (χ2n) is 7.00. The van der Waals surface area contributed by atoms with Gasteiger partial charge in [-0.1, -0.05) is 19.9 Å². The molecule has 0 spiro atoms. The molecule has 0 aliphatic heterocycles. The number of hydrogen-bond acceptors (Lipinski definition) is 4. The van der Waals surface area contributed by atoms with Crippen LogP contribution in [-0.2, 0) is 0 Å². The quantitative estimate of drug-likeness (QED) is 0.519. The monoisotopic (exact) mass is 359 g/mol. The first kappa shape index (κ1) is 17.2. The largest absolute Gasteiger partial charge is 0.497 e. The van der Waals surface area contributed by atoms with Crippen molar-refractivity contribution in [1.82, 2.24) is 15.2 Å². The molecule has 0 amide bonds. The van der Waals surface area contributed by atoms with E-state index in [1.54, 1.807) is 7.11 Å². The number of nitrogens with one attached hydrogen (secondary N) is 1. The number of benzene rings is 2. The number of methoxy groups -OCH3 is 1. The molecule has 2 aromatic heterocycles. The van der Waals surface area contributed by atoms with Crippen LogP contribution >= 0.6 is 0 Å². The van der Waals surface area contributed by atoms with E-state index < -0.39 is 0 Å². The van der Waals surface area contributed by atoms with Gasteiger partial charge in [0, 0.05) is 27.6 Å². The van der Waals surface area contributed by atoms with Crippen LogP contribution < -0.4 is 4.74 Å². The third-order valence-corrected chi connectivity index (χ3v) is 5.07. The number of carbonyl (C=O) groups excluding carboxylic acids is 1. The van der Waals surface area contributed by atoms with Crippen LogP contribution in [0.1, 0.15) is 41.4 Å². The molecular formula is C22H21N3O2. The molecule has 1 N–H and O–H groups in total. The topological polar surface area (TPSA) is 67.9 Å². The Kier molecular flexibility index (Phi) is 4.15. The molecule has 2 heterocycles. The Labute approximate surface area is 157 Å². The van der Waals surface area contributed by atoms with Gasteiger partial charge in [0.25, 0.3) is 0 Å². The molecule has 0 aliphatic carbocycles. The van der Waals surface area contributed by atoms with Crippen molar-refractivity contribution in [2.24, 2.45) is 0 Å². The molecule has 0 atom stereocenters. The summed E-state index contributed by atoms with van der Waals surface area (Å²) < 4.78 is 5.38. The predicted octanol–water partition coefficient (Wildman–Crippen LogP) is 5.03. The first-order valence-electron chi connectivity index (χ1n) is 8.95. The molecule has 0 fully saturated rings. The zero-order chi connectivity index (χ0) is 19.1. The first-order valence-corrected chi connectivity index (χ1v) is 8.95. The summed E-state index contributed by atoms with van der Waals surface area (Å²) in [5, 5.41) is 10.1. The molecular weight excluding hydrogens is 338 g/mol. The van der Waals surface area contributed by atoms with Gasteiger partial charge in [-0.15, -0.1) is 0 Å². The number of H-pyrrole nitrogens is 1. The minimum absolute atomic E-state index is 0.320. The van der Waals surface area contributed by atoms with E-state index in [0.29, 0.717) is 22.9 Å². The van der Waals surface area contributed by atoms with Gasteiger partial charge >= 0.3 is 0 Å². The standard InChI is InChI=1S/C22H21N3O2/c1-12(2)15-7-8-20-18(10-23-25-20)21(15)22-16-6-5-14(27-4)9-17(16)19(11-26)13(3)24-22/h5-12H,1-4H3,(H,23,25). The first-order chi connectivity index (χ1) is 13.0. The summed E-state index contributed by atoms with van der Waals surface area (Å²) >= 11 is 0. The third kappa shape index (κ3) is 2.67. The van der Waals surface area contributed by atoms with Crippen molar-refractivity contribution in [3.8, 4) is 17.0 Å².